The van der Waals surface area contributed by atoms with E-state index in [1.54, 1.807) is 0 Å². The first-order valence-corrected chi connectivity index (χ1v) is 6.35. The van der Waals surface area contributed by atoms with E-state index in [-0.39, 0.29) is 11.8 Å². The second kappa shape index (κ2) is 7.95. The average Bonchev–Trinajstić information content (AvgIpc) is 2.36. The van der Waals surface area contributed by atoms with Crippen molar-refractivity contribution in [3.05, 3.63) is 29.8 Å². The van der Waals surface area contributed by atoms with Crippen molar-refractivity contribution in [1.82, 2.24) is 10.2 Å². The van der Waals surface area contributed by atoms with Gasteiger partial charge in [0.2, 0.25) is 5.91 Å². The maximum Gasteiger partial charge on any atom is 0.235 e. The molecule has 1 aromatic carbocycles. The maximum atomic E-state index is 11.1. The molecule has 1 rings (SSSR count). The van der Waals surface area contributed by atoms with Crippen molar-refractivity contribution >= 4 is 17.5 Å². The van der Waals surface area contributed by atoms with E-state index in [0.29, 0.717) is 13.2 Å². The fourth-order valence-electron chi connectivity index (χ4n) is 1.37. The highest BCUT2D eigenvalue weighted by Gasteiger charge is 2.05. The number of para-hydroxylation sites is 1. The number of nitrogens with one attached hydrogen (secondary N) is 1. The molecule has 0 bridgehead atoms. The minimum atomic E-state index is -0.181. The van der Waals surface area contributed by atoms with Crippen LogP contribution in [0.2, 0.25) is 0 Å². The van der Waals surface area contributed by atoms with E-state index in [1.807, 2.05) is 38.4 Å². The summed E-state index contributed by atoms with van der Waals surface area (Å²) in [4.78, 5) is 13.2. The van der Waals surface area contributed by atoms with Gasteiger partial charge in [-0.1, -0.05) is 18.2 Å². The van der Waals surface area contributed by atoms with Gasteiger partial charge in [0.25, 0.3) is 0 Å². The lowest BCUT2D eigenvalue weighted by Crippen LogP contribution is -2.24. The fourth-order valence-corrected chi connectivity index (χ4v) is 1.46. The average molecular weight is 271 g/mol. The monoisotopic (exact) mass is 270 g/mol. The van der Waals surface area contributed by atoms with Crippen LogP contribution in [0.15, 0.2) is 24.3 Å². The summed E-state index contributed by atoms with van der Waals surface area (Å²) < 4.78 is 5.69. The maximum absolute atomic E-state index is 11.1. The first-order chi connectivity index (χ1) is 8.63. The highest BCUT2D eigenvalue weighted by atomic mass is 35.5. The third-order valence-corrected chi connectivity index (χ3v) is 2.61. The number of likely N-dealkylation sites (N-methyl/N-ethyl adjacent to an activating group) is 1. The largest absolute Gasteiger partial charge is 0.492 e. The zero-order chi connectivity index (χ0) is 13.4. The Morgan fingerprint density at radius 2 is 2.11 bits per heavy atom. The summed E-state index contributed by atoms with van der Waals surface area (Å²) in [6, 6.07) is 7.66. The van der Waals surface area contributed by atoms with E-state index < -0.39 is 0 Å². The number of rotatable bonds is 7. The van der Waals surface area contributed by atoms with Crippen molar-refractivity contribution in [1.29, 1.82) is 0 Å². The van der Waals surface area contributed by atoms with Gasteiger partial charge in [0.15, 0.2) is 0 Å². The van der Waals surface area contributed by atoms with Gasteiger partial charge in [0.05, 0.1) is 0 Å². The van der Waals surface area contributed by atoms with Crippen LogP contribution in [0.4, 0.5) is 0 Å². The number of alkyl halides is 1. The van der Waals surface area contributed by atoms with E-state index in [4.69, 9.17) is 16.3 Å². The molecule has 0 aliphatic heterocycles. The van der Waals surface area contributed by atoms with Crippen molar-refractivity contribution < 1.29 is 9.53 Å². The Morgan fingerprint density at radius 3 is 2.78 bits per heavy atom. The fraction of sp³-hybridized carbons (Fsp3) is 0.462. The van der Waals surface area contributed by atoms with E-state index in [1.165, 1.54) is 0 Å². The van der Waals surface area contributed by atoms with Gasteiger partial charge in [0.1, 0.15) is 18.2 Å². The number of amides is 1. The number of carbonyl (C=O) groups is 1. The summed E-state index contributed by atoms with van der Waals surface area (Å²) in [6.45, 7) is 1.90. The molecule has 0 heterocycles. The van der Waals surface area contributed by atoms with Crippen LogP contribution in [0.3, 0.4) is 0 Å². The molecule has 1 amide bonds. The molecule has 1 N–H and O–H groups in total. The Morgan fingerprint density at radius 1 is 1.39 bits per heavy atom. The summed E-state index contributed by atoms with van der Waals surface area (Å²) in [5.41, 5.74) is 0.953. The second-order valence-corrected chi connectivity index (χ2v) is 4.44. The number of carbonyl (C=O) groups excluding carboxylic acids is 1. The molecule has 100 valence electrons. The molecule has 0 aliphatic carbocycles. The highest BCUT2D eigenvalue weighted by Crippen LogP contribution is 2.17. The Balaban J connectivity index is 2.53. The van der Waals surface area contributed by atoms with Crippen LogP contribution in [-0.4, -0.2) is 43.9 Å². The summed E-state index contributed by atoms with van der Waals surface area (Å²) in [5.74, 6) is 0.595. The van der Waals surface area contributed by atoms with Crippen molar-refractivity contribution in [2.45, 2.75) is 6.54 Å². The van der Waals surface area contributed by atoms with Crippen LogP contribution in [0.25, 0.3) is 0 Å². The third kappa shape index (κ3) is 5.38. The van der Waals surface area contributed by atoms with Crippen LogP contribution in [0.5, 0.6) is 5.75 Å². The lowest BCUT2D eigenvalue weighted by atomic mass is 10.2. The van der Waals surface area contributed by atoms with Gasteiger partial charge in [-0.05, 0) is 20.2 Å². The molecule has 1 aromatic rings. The number of ether oxygens (including phenoxy) is 1. The van der Waals surface area contributed by atoms with Crippen molar-refractivity contribution in [2.75, 3.05) is 33.1 Å². The van der Waals surface area contributed by atoms with E-state index in [9.17, 15) is 4.79 Å². The molecule has 0 fully saturated rings. The molecule has 0 radical (unpaired) electrons. The lowest BCUT2D eigenvalue weighted by molar-refractivity contribution is -0.118. The molecular weight excluding hydrogens is 252 g/mol. The summed E-state index contributed by atoms with van der Waals surface area (Å²) >= 11 is 5.43. The van der Waals surface area contributed by atoms with E-state index >= 15 is 0 Å². The summed E-state index contributed by atoms with van der Waals surface area (Å²) in [6.07, 6.45) is 0. The minimum Gasteiger partial charge on any atom is -0.492 e. The van der Waals surface area contributed by atoms with E-state index in [0.717, 1.165) is 17.9 Å². The van der Waals surface area contributed by atoms with Crippen LogP contribution >= 0.6 is 11.6 Å². The predicted molar refractivity (Wildman–Crippen MR) is 73.1 cm³/mol. The van der Waals surface area contributed by atoms with Crippen molar-refractivity contribution in [3.63, 3.8) is 0 Å². The molecular formula is C13H19ClN2O2. The molecule has 0 atom stereocenters. The molecule has 0 saturated carbocycles. The number of halogens is 1. The molecule has 0 unspecified atom stereocenters. The normalized spacial score (nSPS) is 10.4. The SMILES string of the molecule is CN(C)CCOc1ccccc1CNC(=O)CCl. The Hall–Kier alpha value is -1.26. The van der Waals surface area contributed by atoms with Crippen LogP contribution in [0, 0.1) is 0 Å². The molecule has 0 aromatic heterocycles. The third-order valence-electron chi connectivity index (χ3n) is 2.37. The zero-order valence-corrected chi connectivity index (χ0v) is 11.5. The first-order valence-electron chi connectivity index (χ1n) is 5.81. The van der Waals surface area contributed by atoms with Gasteiger partial charge in [-0.3, -0.25) is 4.79 Å². The minimum absolute atomic E-state index is 0.0242. The number of hydrogen-bond acceptors (Lipinski definition) is 3. The highest BCUT2D eigenvalue weighted by molar-refractivity contribution is 6.27. The first kappa shape index (κ1) is 14.8. The Labute approximate surface area is 113 Å². The van der Waals surface area contributed by atoms with E-state index in [2.05, 4.69) is 10.2 Å². The van der Waals surface area contributed by atoms with Crippen molar-refractivity contribution in [2.24, 2.45) is 0 Å². The molecule has 5 heteroatoms. The van der Waals surface area contributed by atoms with Crippen molar-refractivity contribution in [3.8, 4) is 5.75 Å². The Bertz CT molecular complexity index is 383. The molecule has 4 nitrogen and oxygen atoms in total. The zero-order valence-electron chi connectivity index (χ0n) is 10.8. The van der Waals surface area contributed by atoms with Gasteiger partial charge in [0, 0.05) is 18.7 Å². The standard InChI is InChI=1S/C13H19ClN2O2/c1-16(2)7-8-18-12-6-4-3-5-11(12)10-15-13(17)9-14/h3-6H,7-10H2,1-2H3,(H,15,17). The molecule has 0 saturated heterocycles. The molecule has 0 spiro atoms. The van der Waals surface area contributed by atoms with Crippen LogP contribution < -0.4 is 10.1 Å². The van der Waals surface area contributed by atoms with Gasteiger partial charge < -0.3 is 15.0 Å². The van der Waals surface area contributed by atoms with Gasteiger partial charge in [-0.15, -0.1) is 11.6 Å². The van der Waals surface area contributed by atoms with Gasteiger partial charge in [-0.2, -0.15) is 0 Å². The van der Waals surface area contributed by atoms with Gasteiger partial charge in [-0.25, -0.2) is 0 Å². The van der Waals surface area contributed by atoms with Gasteiger partial charge >= 0.3 is 0 Å². The number of hydrogen-bond donors (Lipinski definition) is 1. The summed E-state index contributed by atoms with van der Waals surface area (Å²) in [5, 5.41) is 2.73. The quantitative estimate of drug-likeness (QED) is 0.763. The molecule has 0 aliphatic rings. The smallest absolute Gasteiger partial charge is 0.235 e. The number of nitrogens with zero attached hydrogens (tertiary/aromatic N) is 1. The topological polar surface area (TPSA) is 41.6 Å². The lowest BCUT2D eigenvalue weighted by Gasteiger charge is -2.14. The second-order valence-electron chi connectivity index (χ2n) is 4.17. The van der Waals surface area contributed by atoms with Crippen LogP contribution in [0.1, 0.15) is 5.56 Å². The van der Waals surface area contributed by atoms with Crippen LogP contribution in [-0.2, 0) is 11.3 Å². The predicted octanol–water partition coefficient (Wildman–Crippen LogP) is 1.48. The summed E-state index contributed by atoms with van der Waals surface area (Å²) in [7, 11) is 3.99. The number of benzene rings is 1. The Kier molecular flexibility index (Phi) is 6.54. The molecule has 18 heavy (non-hydrogen) atoms.